The first-order valence-corrected chi connectivity index (χ1v) is 8.72. The van der Waals surface area contributed by atoms with Crippen molar-refractivity contribution in [2.24, 2.45) is 5.10 Å². The number of hydrogen-bond donors (Lipinski definition) is 2. The van der Waals surface area contributed by atoms with Crippen molar-refractivity contribution in [1.82, 2.24) is 15.2 Å². The summed E-state index contributed by atoms with van der Waals surface area (Å²) in [5.74, 6) is -0.313. The van der Waals surface area contributed by atoms with Crippen LogP contribution >= 0.6 is 11.6 Å². The number of nitrogens with zero attached hydrogens (tertiary/aromatic N) is 3. The summed E-state index contributed by atoms with van der Waals surface area (Å²) in [5.41, 5.74) is 6.34. The third-order valence-electron chi connectivity index (χ3n) is 3.98. The Labute approximate surface area is 162 Å². The van der Waals surface area contributed by atoms with Gasteiger partial charge in [-0.15, -0.1) is 0 Å². The molecule has 6 nitrogen and oxygen atoms in total. The molecular weight excluding hydrogens is 364 g/mol. The molecule has 2 N–H and O–H groups in total. The van der Waals surface area contributed by atoms with Gasteiger partial charge >= 0.3 is 0 Å². The van der Waals surface area contributed by atoms with E-state index in [0.717, 1.165) is 17.0 Å². The maximum atomic E-state index is 12.3. The van der Waals surface area contributed by atoms with E-state index in [1.807, 2.05) is 36.7 Å². The van der Waals surface area contributed by atoms with Crippen LogP contribution in [0.5, 0.6) is 5.75 Å². The summed E-state index contributed by atoms with van der Waals surface area (Å²) >= 11 is 5.88. The van der Waals surface area contributed by atoms with Gasteiger partial charge < -0.3 is 5.11 Å². The van der Waals surface area contributed by atoms with Crippen molar-refractivity contribution in [3.8, 4) is 5.75 Å². The van der Waals surface area contributed by atoms with Gasteiger partial charge in [0.15, 0.2) is 0 Å². The number of amides is 1. The van der Waals surface area contributed by atoms with Crippen LogP contribution in [0.2, 0.25) is 5.02 Å². The van der Waals surface area contributed by atoms with Gasteiger partial charge in [-0.05, 0) is 55.8 Å². The molecule has 0 fully saturated rings. The lowest BCUT2D eigenvalue weighted by Gasteiger charge is -2.07. The predicted octanol–water partition coefficient (Wildman–Crippen LogP) is 3.67. The Morgan fingerprint density at radius 2 is 2.07 bits per heavy atom. The Balaban J connectivity index is 1.69. The van der Waals surface area contributed by atoms with Gasteiger partial charge in [0.1, 0.15) is 5.75 Å². The molecule has 0 unspecified atom stereocenters. The lowest BCUT2D eigenvalue weighted by Crippen LogP contribution is -2.18. The molecule has 1 aromatic heterocycles. The van der Waals surface area contributed by atoms with E-state index in [-0.39, 0.29) is 11.7 Å². The summed E-state index contributed by atoms with van der Waals surface area (Å²) < 4.78 is 1.90. The standard InChI is InChI=1S/C20H19ClN4O2/c1-13-8-14(2)25(24-13)12-15-4-3-5-16(9-15)20(27)23-22-11-17-10-18(21)6-7-19(17)26/h3-11,26H,12H2,1-2H3,(H,23,27)/b22-11-. The summed E-state index contributed by atoms with van der Waals surface area (Å²) in [7, 11) is 0. The van der Waals surface area contributed by atoms with E-state index >= 15 is 0 Å². The smallest absolute Gasteiger partial charge is 0.271 e. The number of phenols is 1. The molecule has 1 amide bonds. The number of aromatic nitrogens is 2. The molecule has 0 saturated heterocycles. The lowest BCUT2D eigenvalue weighted by atomic mass is 10.1. The van der Waals surface area contributed by atoms with Gasteiger partial charge in [0, 0.05) is 21.8 Å². The molecule has 0 spiro atoms. The number of halogens is 1. The monoisotopic (exact) mass is 382 g/mol. The summed E-state index contributed by atoms with van der Waals surface area (Å²) in [5, 5.41) is 18.5. The van der Waals surface area contributed by atoms with Crippen LogP contribution in [-0.4, -0.2) is 27.0 Å². The molecule has 7 heteroatoms. The third kappa shape index (κ3) is 4.74. The van der Waals surface area contributed by atoms with Gasteiger partial charge in [-0.2, -0.15) is 10.2 Å². The van der Waals surface area contributed by atoms with Crippen LogP contribution in [0.4, 0.5) is 0 Å². The second-order valence-electron chi connectivity index (χ2n) is 6.19. The first-order valence-electron chi connectivity index (χ1n) is 8.34. The summed E-state index contributed by atoms with van der Waals surface area (Å²) in [6.07, 6.45) is 1.35. The van der Waals surface area contributed by atoms with Crippen LogP contribution in [0, 0.1) is 13.8 Å². The number of rotatable bonds is 5. The highest BCUT2D eigenvalue weighted by Crippen LogP contribution is 2.19. The van der Waals surface area contributed by atoms with Gasteiger partial charge in [0.2, 0.25) is 0 Å². The molecule has 0 aliphatic rings. The zero-order valence-corrected chi connectivity index (χ0v) is 15.7. The minimum absolute atomic E-state index is 0.0317. The first kappa shape index (κ1) is 18.7. The second kappa shape index (κ2) is 8.05. The van der Waals surface area contributed by atoms with Crippen LogP contribution in [-0.2, 0) is 6.54 Å². The number of aryl methyl sites for hydroxylation is 2. The van der Waals surface area contributed by atoms with Crippen LogP contribution in [0.3, 0.4) is 0 Å². The maximum Gasteiger partial charge on any atom is 0.271 e. The molecule has 0 bridgehead atoms. The van der Waals surface area contributed by atoms with Crippen molar-refractivity contribution in [2.75, 3.05) is 0 Å². The topological polar surface area (TPSA) is 79.5 Å². The molecule has 138 valence electrons. The number of carbonyl (C=O) groups excluding carboxylic acids is 1. The number of benzene rings is 2. The maximum absolute atomic E-state index is 12.3. The molecular formula is C20H19ClN4O2. The molecule has 27 heavy (non-hydrogen) atoms. The summed E-state index contributed by atoms with van der Waals surface area (Å²) in [4.78, 5) is 12.3. The highest BCUT2D eigenvalue weighted by molar-refractivity contribution is 6.30. The molecule has 0 saturated carbocycles. The molecule has 1 heterocycles. The molecule has 0 radical (unpaired) electrons. The average Bonchev–Trinajstić information content (AvgIpc) is 2.95. The fourth-order valence-electron chi connectivity index (χ4n) is 2.67. The Morgan fingerprint density at radius 3 is 2.81 bits per heavy atom. The lowest BCUT2D eigenvalue weighted by molar-refractivity contribution is 0.0955. The van der Waals surface area contributed by atoms with E-state index in [1.54, 1.807) is 24.3 Å². The minimum atomic E-state index is -0.344. The fraction of sp³-hybridized carbons (Fsp3) is 0.150. The van der Waals surface area contributed by atoms with Crippen molar-refractivity contribution in [3.63, 3.8) is 0 Å². The minimum Gasteiger partial charge on any atom is -0.507 e. The zero-order valence-electron chi connectivity index (χ0n) is 15.0. The summed E-state index contributed by atoms with van der Waals surface area (Å²) in [6, 6.07) is 13.9. The molecule has 0 aliphatic heterocycles. The normalized spacial score (nSPS) is 11.1. The largest absolute Gasteiger partial charge is 0.507 e. The number of hydrazone groups is 1. The van der Waals surface area contributed by atoms with Crippen molar-refractivity contribution in [3.05, 3.63) is 81.6 Å². The number of aromatic hydroxyl groups is 1. The van der Waals surface area contributed by atoms with Crippen LogP contribution in [0.15, 0.2) is 53.6 Å². The van der Waals surface area contributed by atoms with Gasteiger partial charge in [-0.1, -0.05) is 23.7 Å². The SMILES string of the molecule is Cc1cc(C)n(Cc2cccc(C(=O)N/N=C\c3cc(Cl)ccc3O)c2)n1. The zero-order chi connectivity index (χ0) is 19.4. The van der Waals surface area contributed by atoms with Gasteiger partial charge in [0.05, 0.1) is 18.5 Å². The van der Waals surface area contributed by atoms with Crippen molar-refractivity contribution in [2.45, 2.75) is 20.4 Å². The van der Waals surface area contributed by atoms with E-state index in [4.69, 9.17) is 11.6 Å². The third-order valence-corrected chi connectivity index (χ3v) is 4.22. The summed E-state index contributed by atoms with van der Waals surface area (Å²) in [6.45, 7) is 4.53. The van der Waals surface area contributed by atoms with E-state index in [1.165, 1.54) is 12.3 Å². The Morgan fingerprint density at radius 1 is 1.26 bits per heavy atom. The van der Waals surface area contributed by atoms with Crippen LogP contribution < -0.4 is 5.43 Å². The molecule has 0 atom stereocenters. The van der Waals surface area contributed by atoms with Gasteiger partial charge in [-0.25, -0.2) is 5.43 Å². The number of hydrogen-bond acceptors (Lipinski definition) is 4. The number of phenolic OH excluding ortho intramolecular Hbond substituents is 1. The predicted molar refractivity (Wildman–Crippen MR) is 105 cm³/mol. The first-order chi connectivity index (χ1) is 12.9. The Kier molecular flexibility index (Phi) is 5.57. The van der Waals surface area contributed by atoms with Crippen molar-refractivity contribution in [1.29, 1.82) is 0 Å². The molecule has 2 aromatic carbocycles. The van der Waals surface area contributed by atoms with E-state index in [0.29, 0.717) is 22.7 Å². The van der Waals surface area contributed by atoms with Gasteiger partial charge in [0.25, 0.3) is 5.91 Å². The fourth-order valence-corrected chi connectivity index (χ4v) is 2.85. The van der Waals surface area contributed by atoms with Crippen molar-refractivity contribution >= 4 is 23.7 Å². The van der Waals surface area contributed by atoms with E-state index in [2.05, 4.69) is 15.6 Å². The number of carbonyl (C=O) groups is 1. The van der Waals surface area contributed by atoms with Crippen LogP contribution in [0.25, 0.3) is 0 Å². The molecule has 3 aromatic rings. The van der Waals surface area contributed by atoms with Gasteiger partial charge in [-0.3, -0.25) is 9.48 Å². The van der Waals surface area contributed by atoms with Crippen LogP contribution in [0.1, 0.15) is 32.9 Å². The Bertz CT molecular complexity index is 1010. The quantitative estimate of drug-likeness (QED) is 0.522. The molecule has 3 rings (SSSR count). The van der Waals surface area contributed by atoms with E-state index < -0.39 is 0 Å². The average molecular weight is 383 g/mol. The highest BCUT2D eigenvalue weighted by atomic mass is 35.5. The highest BCUT2D eigenvalue weighted by Gasteiger charge is 2.07. The molecule has 0 aliphatic carbocycles. The van der Waals surface area contributed by atoms with E-state index in [9.17, 15) is 9.90 Å². The Hall–Kier alpha value is -3.12. The van der Waals surface area contributed by atoms with Crippen molar-refractivity contribution < 1.29 is 9.90 Å². The second-order valence-corrected chi connectivity index (χ2v) is 6.62. The number of nitrogens with one attached hydrogen (secondary N) is 1.